The van der Waals surface area contributed by atoms with Crippen molar-refractivity contribution in [1.29, 1.82) is 0 Å². The Bertz CT molecular complexity index is 499. The monoisotopic (exact) mass is 262 g/mol. The van der Waals surface area contributed by atoms with Crippen LogP contribution < -0.4 is 11.1 Å². The lowest BCUT2D eigenvalue weighted by molar-refractivity contribution is 0.0698. The van der Waals surface area contributed by atoms with Crippen molar-refractivity contribution in [3.8, 4) is 0 Å². The zero-order valence-electron chi connectivity index (χ0n) is 10.6. The van der Waals surface area contributed by atoms with Crippen molar-refractivity contribution in [3.05, 3.63) is 23.8 Å². The molecule has 1 heterocycles. The molecule has 3 rings (SSSR count). The predicted octanol–water partition coefficient (Wildman–Crippen LogP) is 1.95. The van der Waals surface area contributed by atoms with Gasteiger partial charge in [-0.1, -0.05) is 0 Å². The summed E-state index contributed by atoms with van der Waals surface area (Å²) < 4.78 is 5.77. The van der Waals surface area contributed by atoms with Gasteiger partial charge < -0.3 is 20.9 Å². The van der Waals surface area contributed by atoms with Crippen molar-refractivity contribution in [2.24, 2.45) is 5.92 Å². The van der Waals surface area contributed by atoms with Gasteiger partial charge in [0.05, 0.1) is 17.7 Å². The highest BCUT2D eigenvalue weighted by Gasteiger charge is 2.40. The number of anilines is 2. The van der Waals surface area contributed by atoms with Crippen LogP contribution in [0.15, 0.2) is 18.2 Å². The van der Waals surface area contributed by atoms with Gasteiger partial charge in [0.2, 0.25) is 0 Å². The van der Waals surface area contributed by atoms with E-state index in [1.165, 1.54) is 12.8 Å². The summed E-state index contributed by atoms with van der Waals surface area (Å²) in [6.07, 6.45) is 3.79. The Morgan fingerprint density at radius 1 is 1.37 bits per heavy atom. The molecule has 0 bridgehead atoms. The third-order valence-electron chi connectivity index (χ3n) is 3.86. The van der Waals surface area contributed by atoms with Gasteiger partial charge in [-0.15, -0.1) is 0 Å². The first-order chi connectivity index (χ1) is 9.15. The Labute approximate surface area is 111 Å². The molecule has 0 amide bonds. The molecular weight excluding hydrogens is 244 g/mol. The van der Waals surface area contributed by atoms with Crippen molar-refractivity contribution in [3.63, 3.8) is 0 Å². The number of hydrogen-bond acceptors (Lipinski definition) is 4. The van der Waals surface area contributed by atoms with Crippen LogP contribution in [0.5, 0.6) is 0 Å². The maximum Gasteiger partial charge on any atom is 0.337 e. The number of nitrogens with two attached hydrogens (primary N) is 1. The molecule has 19 heavy (non-hydrogen) atoms. The normalized spacial score (nSPS) is 26.3. The van der Waals surface area contributed by atoms with E-state index in [0.717, 1.165) is 18.7 Å². The molecule has 0 spiro atoms. The number of nitrogens with one attached hydrogen (secondary N) is 1. The van der Waals surface area contributed by atoms with Crippen LogP contribution in [0.2, 0.25) is 0 Å². The van der Waals surface area contributed by atoms with Crippen molar-refractivity contribution >= 4 is 17.3 Å². The van der Waals surface area contributed by atoms with Gasteiger partial charge in [0.15, 0.2) is 0 Å². The number of carboxylic acids is 1. The summed E-state index contributed by atoms with van der Waals surface area (Å²) >= 11 is 0. The van der Waals surface area contributed by atoms with Crippen molar-refractivity contribution in [2.45, 2.75) is 31.4 Å². The Morgan fingerprint density at radius 2 is 2.16 bits per heavy atom. The molecule has 1 saturated heterocycles. The van der Waals surface area contributed by atoms with E-state index in [2.05, 4.69) is 5.32 Å². The molecule has 102 valence electrons. The Kier molecular flexibility index (Phi) is 3.06. The van der Waals surface area contributed by atoms with E-state index in [1.807, 2.05) is 0 Å². The fourth-order valence-corrected chi connectivity index (χ4v) is 2.72. The highest BCUT2D eigenvalue weighted by molar-refractivity contribution is 5.94. The summed E-state index contributed by atoms with van der Waals surface area (Å²) in [5, 5.41) is 12.4. The molecule has 2 unspecified atom stereocenters. The van der Waals surface area contributed by atoms with Crippen LogP contribution in [0.25, 0.3) is 0 Å². The molecule has 1 aliphatic carbocycles. The van der Waals surface area contributed by atoms with Crippen LogP contribution in [-0.4, -0.2) is 29.8 Å². The largest absolute Gasteiger partial charge is 0.478 e. The average Bonchev–Trinajstić information content (AvgIpc) is 3.10. The fraction of sp³-hybridized carbons (Fsp3) is 0.500. The molecule has 2 fully saturated rings. The second-order valence-corrected chi connectivity index (χ2v) is 5.32. The van der Waals surface area contributed by atoms with Gasteiger partial charge in [0.25, 0.3) is 0 Å². The minimum Gasteiger partial charge on any atom is -0.478 e. The molecule has 1 aliphatic heterocycles. The fourth-order valence-electron chi connectivity index (χ4n) is 2.72. The first-order valence-electron chi connectivity index (χ1n) is 6.66. The lowest BCUT2D eigenvalue weighted by Crippen LogP contribution is -2.31. The highest BCUT2D eigenvalue weighted by atomic mass is 16.5. The lowest BCUT2D eigenvalue weighted by atomic mass is 10.1. The van der Waals surface area contributed by atoms with E-state index in [-0.39, 0.29) is 5.56 Å². The number of rotatable bonds is 4. The number of carbonyl (C=O) groups is 1. The minimum absolute atomic E-state index is 0.145. The number of nitrogen functional groups attached to an aromatic ring is 1. The quantitative estimate of drug-likeness (QED) is 0.722. The predicted molar refractivity (Wildman–Crippen MR) is 72.3 cm³/mol. The van der Waals surface area contributed by atoms with E-state index in [9.17, 15) is 4.79 Å². The van der Waals surface area contributed by atoms with Gasteiger partial charge in [-0.2, -0.15) is 0 Å². The highest BCUT2D eigenvalue weighted by Crippen LogP contribution is 2.39. The Hall–Kier alpha value is -1.75. The number of ether oxygens (including phenoxy) is 1. The maximum atomic E-state index is 10.9. The first-order valence-corrected chi connectivity index (χ1v) is 6.66. The molecule has 0 radical (unpaired) electrons. The summed E-state index contributed by atoms with van der Waals surface area (Å²) in [4.78, 5) is 10.9. The summed E-state index contributed by atoms with van der Waals surface area (Å²) in [6.45, 7) is 0.793. The second kappa shape index (κ2) is 4.74. The standard InChI is InChI=1S/C14H18N2O3/c15-11-7-9(3-4-10(11)14(17)18)16-12-5-6-19-13(12)8-1-2-8/h3-4,7-8,12-13,16H,1-2,5-6,15H2,(H,17,18). The second-order valence-electron chi connectivity index (χ2n) is 5.32. The van der Waals surface area contributed by atoms with Gasteiger partial charge in [0, 0.05) is 18.0 Å². The topological polar surface area (TPSA) is 84.6 Å². The SMILES string of the molecule is Nc1cc(NC2CCOC2C2CC2)ccc1C(=O)O. The van der Waals surface area contributed by atoms with E-state index in [1.54, 1.807) is 18.2 Å². The zero-order chi connectivity index (χ0) is 13.4. The lowest BCUT2D eigenvalue weighted by Gasteiger charge is -2.21. The van der Waals surface area contributed by atoms with Gasteiger partial charge in [-0.05, 0) is 43.4 Å². The van der Waals surface area contributed by atoms with Crippen molar-refractivity contribution < 1.29 is 14.6 Å². The molecule has 0 aromatic heterocycles. The van der Waals surface area contributed by atoms with Crippen LogP contribution in [0.4, 0.5) is 11.4 Å². The molecule has 1 aromatic rings. The summed E-state index contributed by atoms with van der Waals surface area (Å²) in [6, 6.07) is 5.30. The van der Waals surface area contributed by atoms with Gasteiger partial charge in [-0.3, -0.25) is 0 Å². The summed E-state index contributed by atoms with van der Waals surface area (Å²) in [5.74, 6) is -0.306. The third-order valence-corrected chi connectivity index (χ3v) is 3.86. The Morgan fingerprint density at radius 3 is 2.79 bits per heavy atom. The molecule has 2 atom stereocenters. The van der Waals surface area contributed by atoms with Crippen LogP contribution >= 0.6 is 0 Å². The molecule has 1 aromatic carbocycles. The number of hydrogen-bond donors (Lipinski definition) is 3. The molecule has 2 aliphatic rings. The molecule has 5 nitrogen and oxygen atoms in total. The minimum atomic E-state index is -0.996. The molecular formula is C14H18N2O3. The maximum absolute atomic E-state index is 10.9. The summed E-state index contributed by atoms with van der Waals surface area (Å²) in [7, 11) is 0. The Balaban J connectivity index is 1.72. The van der Waals surface area contributed by atoms with E-state index in [4.69, 9.17) is 15.6 Å². The van der Waals surface area contributed by atoms with E-state index in [0.29, 0.717) is 23.8 Å². The van der Waals surface area contributed by atoms with Gasteiger partial charge >= 0.3 is 5.97 Å². The molecule has 1 saturated carbocycles. The van der Waals surface area contributed by atoms with Crippen LogP contribution in [0, 0.1) is 5.92 Å². The van der Waals surface area contributed by atoms with Crippen LogP contribution in [0.3, 0.4) is 0 Å². The summed E-state index contributed by atoms with van der Waals surface area (Å²) in [5.41, 5.74) is 7.05. The third kappa shape index (κ3) is 2.51. The number of benzene rings is 1. The smallest absolute Gasteiger partial charge is 0.337 e. The van der Waals surface area contributed by atoms with E-state index >= 15 is 0 Å². The van der Waals surface area contributed by atoms with E-state index < -0.39 is 5.97 Å². The average molecular weight is 262 g/mol. The zero-order valence-corrected chi connectivity index (χ0v) is 10.6. The molecule has 4 N–H and O–H groups in total. The van der Waals surface area contributed by atoms with Crippen molar-refractivity contribution in [1.82, 2.24) is 0 Å². The van der Waals surface area contributed by atoms with Gasteiger partial charge in [-0.25, -0.2) is 4.79 Å². The molecule has 5 heteroatoms. The van der Waals surface area contributed by atoms with Crippen LogP contribution in [0.1, 0.15) is 29.6 Å². The van der Waals surface area contributed by atoms with Crippen LogP contribution in [-0.2, 0) is 4.74 Å². The first kappa shape index (κ1) is 12.3. The number of aromatic carboxylic acids is 1. The van der Waals surface area contributed by atoms with Gasteiger partial charge in [0.1, 0.15) is 0 Å². The van der Waals surface area contributed by atoms with Crippen molar-refractivity contribution in [2.75, 3.05) is 17.7 Å². The number of carboxylic acid groups (broad SMARTS) is 1.